The molecule has 110 valence electrons. The third-order valence-electron chi connectivity index (χ3n) is 4.34. The molecule has 2 nitrogen and oxygen atoms in total. The number of hydrogen-bond donors (Lipinski definition) is 0. The molecule has 1 fully saturated rings. The Kier molecular flexibility index (Phi) is 5.09. The lowest BCUT2D eigenvalue weighted by Gasteiger charge is -2.37. The van der Waals surface area contributed by atoms with Crippen LogP contribution in [-0.4, -0.2) is 12.4 Å². The van der Waals surface area contributed by atoms with Crippen LogP contribution in [0.25, 0.3) is 0 Å². The number of aldehydes is 1. The molecule has 3 unspecified atom stereocenters. The van der Waals surface area contributed by atoms with Crippen molar-refractivity contribution in [1.29, 1.82) is 0 Å². The monoisotopic (exact) mass is 294 g/mol. The van der Waals surface area contributed by atoms with Gasteiger partial charge in [0.05, 0.1) is 5.56 Å². The highest BCUT2D eigenvalue weighted by Gasteiger charge is 2.32. The van der Waals surface area contributed by atoms with Gasteiger partial charge in [0.2, 0.25) is 0 Å². The normalized spacial score (nSPS) is 26.6. The van der Waals surface area contributed by atoms with Gasteiger partial charge in [0.15, 0.2) is 6.29 Å². The van der Waals surface area contributed by atoms with Crippen LogP contribution >= 0.6 is 11.6 Å². The summed E-state index contributed by atoms with van der Waals surface area (Å²) in [5.74, 6) is 2.43. The number of hydrogen-bond acceptors (Lipinski definition) is 2. The summed E-state index contributed by atoms with van der Waals surface area (Å²) in [5, 5.41) is 0.607. The van der Waals surface area contributed by atoms with Crippen LogP contribution in [0.4, 0.5) is 0 Å². The maximum atomic E-state index is 11.1. The van der Waals surface area contributed by atoms with E-state index >= 15 is 0 Å². The van der Waals surface area contributed by atoms with Gasteiger partial charge in [0.1, 0.15) is 11.9 Å². The molecule has 0 saturated heterocycles. The summed E-state index contributed by atoms with van der Waals surface area (Å²) >= 11 is 6.02. The minimum absolute atomic E-state index is 0.177. The number of ether oxygens (including phenoxy) is 1. The Hall–Kier alpha value is -1.02. The maximum absolute atomic E-state index is 11.1. The molecule has 0 aromatic heterocycles. The van der Waals surface area contributed by atoms with Crippen molar-refractivity contribution in [2.24, 2.45) is 17.8 Å². The summed E-state index contributed by atoms with van der Waals surface area (Å²) in [4.78, 5) is 11.1. The van der Waals surface area contributed by atoms with Gasteiger partial charge in [-0.1, -0.05) is 38.8 Å². The zero-order chi connectivity index (χ0) is 14.7. The standard InChI is InChI=1S/C17H23ClO2/c1-11(2)15-7-4-12(3)8-17(15)20-16-9-14(18)6-5-13(16)10-19/h5-6,9-12,15,17H,4,7-8H2,1-3H3. The van der Waals surface area contributed by atoms with Gasteiger partial charge in [0.25, 0.3) is 0 Å². The molecule has 0 heterocycles. The molecular weight excluding hydrogens is 272 g/mol. The minimum Gasteiger partial charge on any atom is -0.489 e. The second-order valence-corrected chi connectivity index (χ2v) is 6.72. The molecular formula is C17H23ClO2. The van der Waals surface area contributed by atoms with E-state index in [0.717, 1.165) is 12.7 Å². The van der Waals surface area contributed by atoms with Crippen LogP contribution in [0, 0.1) is 17.8 Å². The fourth-order valence-electron chi connectivity index (χ4n) is 3.12. The molecule has 1 aromatic carbocycles. The molecule has 1 aliphatic carbocycles. The predicted molar refractivity (Wildman–Crippen MR) is 82.6 cm³/mol. The summed E-state index contributed by atoms with van der Waals surface area (Å²) in [6.45, 7) is 6.76. The lowest BCUT2D eigenvalue weighted by atomic mass is 9.75. The molecule has 2 rings (SSSR count). The van der Waals surface area contributed by atoms with E-state index in [9.17, 15) is 4.79 Å². The van der Waals surface area contributed by atoms with Crippen molar-refractivity contribution in [1.82, 2.24) is 0 Å². The fourth-order valence-corrected chi connectivity index (χ4v) is 3.28. The molecule has 0 N–H and O–H groups in total. The van der Waals surface area contributed by atoms with Gasteiger partial charge in [0, 0.05) is 5.02 Å². The minimum atomic E-state index is 0.177. The van der Waals surface area contributed by atoms with E-state index < -0.39 is 0 Å². The van der Waals surface area contributed by atoms with E-state index in [1.807, 2.05) is 0 Å². The molecule has 0 radical (unpaired) electrons. The molecule has 3 atom stereocenters. The van der Waals surface area contributed by atoms with Gasteiger partial charge < -0.3 is 4.74 Å². The highest BCUT2D eigenvalue weighted by molar-refractivity contribution is 6.30. The van der Waals surface area contributed by atoms with Gasteiger partial charge in [-0.05, 0) is 48.8 Å². The van der Waals surface area contributed by atoms with E-state index in [1.165, 1.54) is 12.8 Å². The molecule has 20 heavy (non-hydrogen) atoms. The molecule has 0 amide bonds. The topological polar surface area (TPSA) is 26.3 Å². The Morgan fingerprint density at radius 2 is 2.10 bits per heavy atom. The molecule has 0 aliphatic heterocycles. The quantitative estimate of drug-likeness (QED) is 0.731. The first-order chi connectivity index (χ1) is 9.51. The summed E-state index contributed by atoms with van der Waals surface area (Å²) in [5.41, 5.74) is 0.579. The van der Waals surface area contributed by atoms with Crippen molar-refractivity contribution in [2.45, 2.75) is 46.1 Å². The zero-order valence-corrected chi connectivity index (χ0v) is 13.2. The summed E-state index contributed by atoms with van der Waals surface area (Å²) in [7, 11) is 0. The first-order valence-corrected chi connectivity index (χ1v) is 7.80. The Labute approximate surface area is 126 Å². The van der Waals surface area contributed by atoms with Crippen molar-refractivity contribution >= 4 is 17.9 Å². The van der Waals surface area contributed by atoms with Gasteiger partial charge in [-0.15, -0.1) is 0 Å². The van der Waals surface area contributed by atoms with Crippen LogP contribution < -0.4 is 4.74 Å². The smallest absolute Gasteiger partial charge is 0.153 e. The van der Waals surface area contributed by atoms with Crippen LogP contribution in [0.5, 0.6) is 5.75 Å². The Bertz CT molecular complexity index is 470. The predicted octanol–water partition coefficient (Wildman–Crippen LogP) is 4.99. The number of carbonyl (C=O) groups is 1. The lowest BCUT2D eigenvalue weighted by Crippen LogP contribution is -2.36. The van der Waals surface area contributed by atoms with Crippen molar-refractivity contribution in [3.63, 3.8) is 0 Å². The molecule has 1 saturated carbocycles. The van der Waals surface area contributed by atoms with Gasteiger partial charge in [-0.2, -0.15) is 0 Å². The molecule has 0 spiro atoms. The highest BCUT2D eigenvalue weighted by atomic mass is 35.5. The second-order valence-electron chi connectivity index (χ2n) is 6.28. The number of halogens is 1. The van der Waals surface area contributed by atoms with Crippen molar-refractivity contribution < 1.29 is 9.53 Å². The van der Waals surface area contributed by atoms with Crippen LogP contribution in [0.15, 0.2) is 18.2 Å². The van der Waals surface area contributed by atoms with E-state index in [0.29, 0.717) is 34.1 Å². The SMILES string of the molecule is CC1CCC(C(C)C)C(Oc2cc(Cl)ccc2C=O)C1. The third-order valence-corrected chi connectivity index (χ3v) is 4.58. The highest BCUT2D eigenvalue weighted by Crippen LogP contribution is 2.37. The first kappa shape index (κ1) is 15.4. The van der Waals surface area contributed by atoms with Crippen molar-refractivity contribution in [3.05, 3.63) is 28.8 Å². The van der Waals surface area contributed by atoms with Gasteiger partial charge >= 0.3 is 0 Å². The maximum Gasteiger partial charge on any atom is 0.153 e. The van der Waals surface area contributed by atoms with E-state index in [2.05, 4.69) is 20.8 Å². The second kappa shape index (κ2) is 6.62. The van der Waals surface area contributed by atoms with Crippen LogP contribution in [0.1, 0.15) is 50.4 Å². The lowest BCUT2D eigenvalue weighted by molar-refractivity contribution is 0.0455. The van der Waals surface area contributed by atoms with E-state index in [4.69, 9.17) is 16.3 Å². The summed E-state index contributed by atoms with van der Waals surface area (Å²) < 4.78 is 6.19. The van der Waals surface area contributed by atoms with Crippen molar-refractivity contribution in [2.75, 3.05) is 0 Å². The average Bonchev–Trinajstić information content (AvgIpc) is 2.38. The van der Waals surface area contributed by atoms with Crippen LogP contribution in [-0.2, 0) is 0 Å². The molecule has 1 aliphatic rings. The van der Waals surface area contributed by atoms with E-state index in [-0.39, 0.29) is 6.10 Å². The van der Waals surface area contributed by atoms with Crippen molar-refractivity contribution in [3.8, 4) is 5.75 Å². The van der Waals surface area contributed by atoms with Crippen LogP contribution in [0.3, 0.4) is 0 Å². The largest absolute Gasteiger partial charge is 0.489 e. The Morgan fingerprint density at radius 3 is 2.75 bits per heavy atom. The molecule has 1 aromatic rings. The number of rotatable bonds is 4. The first-order valence-electron chi connectivity index (χ1n) is 7.42. The third kappa shape index (κ3) is 3.54. The van der Waals surface area contributed by atoms with Gasteiger partial charge in [-0.25, -0.2) is 0 Å². The number of carbonyl (C=O) groups excluding carboxylic acids is 1. The van der Waals surface area contributed by atoms with Gasteiger partial charge in [-0.3, -0.25) is 4.79 Å². The fraction of sp³-hybridized carbons (Fsp3) is 0.588. The number of benzene rings is 1. The van der Waals surface area contributed by atoms with E-state index in [1.54, 1.807) is 18.2 Å². The Balaban J connectivity index is 2.21. The summed E-state index contributed by atoms with van der Waals surface area (Å²) in [6.07, 6.45) is 4.52. The van der Waals surface area contributed by atoms with Crippen LogP contribution in [0.2, 0.25) is 5.02 Å². The zero-order valence-electron chi connectivity index (χ0n) is 12.4. The molecule has 3 heteroatoms. The Morgan fingerprint density at radius 1 is 1.35 bits per heavy atom. The summed E-state index contributed by atoms with van der Waals surface area (Å²) in [6, 6.07) is 5.20. The molecule has 0 bridgehead atoms. The average molecular weight is 295 g/mol.